The van der Waals surface area contributed by atoms with Crippen molar-refractivity contribution in [2.45, 2.75) is 51.3 Å². The van der Waals surface area contributed by atoms with E-state index in [2.05, 4.69) is 51.1 Å². The molecule has 1 aromatic carbocycles. The molecule has 4 heterocycles. The van der Waals surface area contributed by atoms with E-state index in [1.807, 2.05) is 12.3 Å². The van der Waals surface area contributed by atoms with Crippen LogP contribution in [0.4, 0.5) is 27.7 Å². The molecule has 2 N–H and O–H groups in total. The van der Waals surface area contributed by atoms with Crippen molar-refractivity contribution < 1.29 is 17.9 Å². The molecule has 39 heavy (non-hydrogen) atoms. The standard InChI is InChI=1S/C28H37FN6O3S/c1-18(2)20-6-7-23(35-14-19(15-35)16-39(5,37)38)22-13-31-25(12-21(20)22)32-24-8-10-30-26(33-24)34-11-9-28(4,36)27(3,29)17-34/h6-8,10,12-13,18-19,36H,9,11,14-17H2,1-5H3,(H,30,31,32,33)/t27-,28+/m0/s1. The lowest BCUT2D eigenvalue weighted by Gasteiger charge is -2.45. The predicted octanol–water partition coefficient (Wildman–Crippen LogP) is 4.06. The average Bonchev–Trinajstić information content (AvgIpc) is 2.82. The van der Waals surface area contributed by atoms with E-state index < -0.39 is 21.1 Å². The molecule has 0 bridgehead atoms. The van der Waals surface area contributed by atoms with Gasteiger partial charge in [-0.1, -0.05) is 19.9 Å². The molecule has 0 amide bonds. The highest BCUT2D eigenvalue weighted by Gasteiger charge is 2.48. The van der Waals surface area contributed by atoms with Gasteiger partial charge in [0, 0.05) is 55.3 Å². The highest BCUT2D eigenvalue weighted by Crippen LogP contribution is 2.38. The van der Waals surface area contributed by atoms with Crippen molar-refractivity contribution in [1.82, 2.24) is 15.0 Å². The lowest BCUT2D eigenvalue weighted by atomic mass is 9.81. The van der Waals surface area contributed by atoms with Gasteiger partial charge in [-0.05, 0) is 55.3 Å². The number of piperidine rings is 1. The van der Waals surface area contributed by atoms with Crippen molar-refractivity contribution in [3.05, 3.63) is 42.2 Å². The third kappa shape index (κ3) is 5.65. The Morgan fingerprint density at radius 2 is 1.87 bits per heavy atom. The first-order chi connectivity index (χ1) is 18.2. The van der Waals surface area contributed by atoms with Gasteiger partial charge >= 0.3 is 0 Å². The summed E-state index contributed by atoms with van der Waals surface area (Å²) in [5.74, 6) is 2.21. The van der Waals surface area contributed by atoms with Crippen LogP contribution in [0.3, 0.4) is 0 Å². The minimum atomic E-state index is -3.00. The van der Waals surface area contributed by atoms with Crippen molar-refractivity contribution in [3.8, 4) is 0 Å². The molecule has 2 atom stereocenters. The second-order valence-corrected chi connectivity index (χ2v) is 14.0. The number of aromatic nitrogens is 3. The van der Waals surface area contributed by atoms with Crippen molar-refractivity contribution in [3.63, 3.8) is 0 Å². The number of hydrogen-bond acceptors (Lipinski definition) is 9. The quantitative estimate of drug-likeness (QED) is 0.445. The minimum Gasteiger partial charge on any atom is -0.387 e. The molecule has 0 saturated carbocycles. The Bertz CT molecular complexity index is 1490. The number of nitrogens with one attached hydrogen (secondary N) is 1. The Balaban J connectivity index is 1.39. The van der Waals surface area contributed by atoms with E-state index in [4.69, 9.17) is 0 Å². The number of halogens is 1. The van der Waals surface area contributed by atoms with Crippen LogP contribution >= 0.6 is 0 Å². The maximum Gasteiger partial charge on any atom is 0.227 e. The number of sulfone groups is 1. The Morgan fingerprint density at radius 1 is 1.13 bits per heavy atom. The molecule has 5 rings (SSSR count). The summed E-state index contributed by atoms with van der Waals surface area (Å²) in [6, 6.07) is 8.00. The zero-order valence-electron chi connectivity index (χ0n) is 23.1. The summed E-state index contributed by atoms with van der Waals surface area (Å²) in [5, 5.41) is 15.8. The summed E-state index contributed by atoms with van der Waals surface area (Å²) < 4.78 is 38.5. The Kier molecular flexibility index (Phi) is 6.95. The van der Waals surface area contributed by atoms with Crippen molar-refractivity contribution in [2.24, 2.45) is 5.92 Å². The summed E-state index contributed by atoms with van der Waals surface area (Å²) in [7, 11) is -3.00. The molecule has 0 unspecified atom stereocenters. The molecule has 2 aliphatic heterocycles. The monoisotopic (exact) mass is 556 g/mol. The van der Waals surface area contributed by atoms with Crippen LogP contribution < -0.4 is 15.1 Å². The number of nitrogens with zero attached hydrogens (tertiary/aromatic N) is 5. The smallest absolute Gasteiger partial charge is 0.227 e. The van der Waals surface area contributed by atoms with Crippen LogP contribution in [-0.4, -0.2) is 77.9 Å². The molecule has 11 heteroatoms. The summed E-state index contributed by atoms with van der Waals surface area (Å²) in [6.07, 6.45) is 5.05. The third-order valence-electron chi connectivity index (χ3n) is 8.03. The number of alkyl halides is 1. The van der Waals surface area contributed by atoms with E-state index >= 15 is 4.39 Å². The van der Waals surface area contributed by atoms with Gasteiger partial charge in [0.1, 0.15) is 21.5 Å². The van der Waals surface area contributed by atoms with Crippen LogP contribution in [0.2, 0.25) is 0 Å². The van der Waals surface area contributed by atoms with Crippen molar-refractivity contribution in [2.75, 3.05) is 53.3 Å². The van der Waals surface area contributed by atoms with Gasteiger partial charge in [-0.15, -0.1) is 0 Å². The highest BCUT2D eigenvalue weighted by molar-refractivity contribution is 7.90. The van der Waals surface area contributed by atoms with Gasteiger partial charge in [-0.2, -0.15) is 4.98 Å². The first kappa shape index (κ1) is 27.5. The van der Waals surface area contributed by atoms with Gasteiger partial charge in [0.2, 0.25) is 5.95 Å². The maximum absolute atomic E-state index is 15.1. The number of fused-ring (bicyclic) bond motifs is 1. The predicted molar refractivity (Wildman–Crippen MR) is 154 cm³/mol. The Hall–Kier alpha value is -3.05. The SMILES string of the molecule is CC(C)c1ccc(N2CC(CS(C)(=O)=O)C2)c2cnc(Nc3ccnc(N4CC[C@@](C)(O)[C@@](C)(F)C4)n3)cc12. The first-order valence-electron chi connectivity index (χ1n) is 13.3. The summed E-state index contributed by atoms with van der Waals surface area (Å²) in [5.41, 5.74) is -0.938. The van der Waals surface area contributed by atoms with Gasteiger partial charge in [-0.25, -0.2) is 22.8 Å². The zero-order valence-corrected chi connectivity index (χ0v) is 24.0. The number of rotatable bonds is 7. The normalized spacial score (nSPS) is 24.3. The van der Waals surface area contributed by atoms with Crippen LogP contribution in [0.15, 0.2) is 36.7 Å². The number of hydrogen-bond donors (Lipinski definition) is 2. The van der Waals surface area contributed by atoms with Gasteiger partial charge in [-0.3, -0.25) is 0 Å². The molecule has 0 radical (unpaired) electrons. The lowest BCUT2D eigenvalue weighted by Crippen LogP contribution is -2.59. The fourth-order valence-electron chi connectivity index (χ4n) is 5.49. The average molecular weight is 557 g/mol. The maximum atomic E-state index is 15.1. The van der Waals surface area contributed by atoms with Crippen LogP contribution in [0.1, 0.15) is 45.6 Å². The van der Waals surface area contributed by atoms with Gasteiger partial charge in [0.05, 0.1) is 17.9 Å². The number of benzene rings is 1. The van der Waals surface area contributed by atoms with E-state index in [-0.39, 0.29) is 24.6 Å². The molecule has 0 aliphatic carbocycles. The fourth-order valence-corrected chi connectivity index (χ4v) is 6.55. The van der Waals surface area contributed by atoms with Crippen LogP contribution in [0, 0.1) is 5.92 Å². The molecule has 210 valence electrons. The molecule has 2 fully saturated rings. The summed E-state index contributed by atoms with van der Waals surface area (Å²) in [4.78, 5) is 17.6. The topological polar surface area (TPSA) is 112 Å². The van der Waals surface area contributed by atoms with Gasteiger partial charge < -0.3 is 20.2 Å². The molecular weight excluding hydrogens is 519 g/mol. The fraction of sp³-hybridized carbons (Fsp3) is 0.536. The van der Waals surface area contributed by atoms with E-state index in [9.17, 15) is 13.5 Å². The molecule has 2 aliphatic rings. The zero-order chi connectivity index (χ0) is 28.2. The van der Waals surface area contributed by atoms with Crippen LogP contribution in [0.25, 0.3) is 10.8 Å². The number of aliphatic hydroxyl groups is 1. The van der Waals surface area contributed by atoms with E-state index in [0.717, 1.165) is 16.5 Å². The number of anilines is 4. The van der Waals surface area contributed by atoms with Gasteiger partial charge in [0.15, 0.2) is 5.67 Å². The Labute approximate surface area is 229 Å². The van der Waals surface area contributed by atoms with E-state index in [1.54, 1.807) is 17.2 Å². The molecule has 9 nitrogen and oxygen atoms in total. The van der Waals surface area contributed by atoms with E-state index in [1.165, 1.54) is 25.7 Å². The second kappa shape index (κ2) is 9.85. The van der Waals surface area contributed by atoms with Crippen LogP contribution in [0.5, 0.6) is 0 Å². The van der Waals surface area contributed by atoms with Crippen molar-refractivity contribution >= 4 is 43.9 Å². The molecular formula is C28H37FN6O3S. The van der Waals surface area contributed by atoms with Gasteiger partial charge in [0.25, 0.3) is 0 Å². The lowest BCUT2D eigenvalue weighted by molar-refractivity contribution is -0.0924. The minimum absolute atomic E-state index is 0.000252. The second-order valence-electron chi connectivity index (χ2n) is 11.8. The number of pyridine rings is 1. The van der Waals surface area contributed by atoms with E-state index in [0.29, 0.717) is 43.1 Å². The third-order valence-corrected chi connectivity index (χ3v) is 9.11. The summed E-state index contributed by atoms with van der Waals surface area (Å²) in [6.45, 7) is 9.10. The molecule has 2 aromatic heterocycles. The molecule has 2 saturated heterocycles. The molecule has 3 aromatic rings. The highest BCUT2D eigenvalue weighted by atomic mass is 32.2. The Morgan fingerprint density at radius 3 is 2.54 bits per heavy atom. The summed E-state index contributed by atoms with van der Waals surface area (Å²) >= 11 is 0. The van der Waals surface area contributed by atoms with Crippen LogP contribution in [-0.2, 0) is 9.84 Å². The molecule has 0 spiro atoms. The van der Waals surface area contributed by atoms with Crippen molar-refractivity contribution in [1.29, 1.82) is 0 Å². The first-order valence-corrected chi connectivity index (χ1v) is 15.4. The largest absolute Gasteiger partial charge is 0.387 e.